The molecule has 1 aliphatic heterocycles. The molecule has 1 saturated heterocycles. The highest BCUT2D eigenvalue weighted by molar-refractivity contribution is 5.37. The summed E-state index contributed by atoms with van der Waals surface area (Å²) in [5.41, 5.74) is 0.698. The maximum Gasteiger partial charge on any atom is 0.293 e. The summed E-state index contributed by atoms with van der Waals surface area (Å²) in [6.45, 7) is 6.96. The zero-order valence-corrected chi connectivity index (χ0v) is 12.5. The Bertz CT molecular complexity index is 380. The minimum absolute atomic E-state index is 0.252. The molecular weight excluding hydrogens is 254 g/mol. The fraction of sp³-hybridized carbons (Fsp3) is 0.562. The number of hydrogen-bond donors (Lipinski definition) is 2. The molecule has 2 atom stereocenters. The molecule has 1 heterocycles. The second-order valence-electron chi connectivity index (χ2n) is 5.88. The van der Waals surface area contributed by atoms with Gasteiger partial charge in [-0.1, -0.05) is 30.3 Å². The first kappa shape index (κ1) is 16.7. The Morgan fingerprint density at radius 3 is 2.40 bits per heavy atom. The summed E-state index contributed by atoms with van der Waals surface area (Å²) in [6.07, 6.45) is 1.91. The Hall–Kier alpha value is -1.39. The fourth-order valence-electron chi connectivity index (χ4n) is 2.01. The summed E-state index contributed by atoms with van der Waals surface area (Å²) < 4.78 is 4.55. The molecule has 1 aliphatic rings. The van der Waals surface area contributed by atoms with Crippen LogP contribution in [-0.2, 0) is 9.53 Å². The van der Waals surface area contributed by atoms with Gasteiger partial charge in [-0.15, -0.1) is 0 Å². The number of nitrogens with one attached hydrogen (secondary N) is 1. The van der Waals surface area contributed by atoms with E-state index in [1.54, 1.807) is 0 Å². The van der Waals surface area contributed by atoms with E-state index in [0.29, 0.717) is 6.47 Å². The fourth-order valence-corrected chi connectivity index (χ4v) is 2.01. The van der Waals surface area contributed by atoms with Gasteiger partial charge < -0.3 is 15.2 Å². The predicted molar refractivity (Wildman–Crippen MR) is 79.3 cm³/mol. The van der Waals surface area contributed by atoms with Crippen LogP contribution >= 0.6 is 0 Å². The maximum absolute atomic E-state index is 9.96. The average Bonchev–Trinajstić information content (AvgIpc) is 2.92. The molecule has 0 amide bonds. The molecule has 0 radical (unpaired) electrons. The average molecular weight is 279 g/mol. The number of carbonyl (C=O) groups excluding carboxylic acids is 1. The second-order valence-corrected chi connectivity index (χ2v) is 5.88. The van der Waals surface area contributed by atoms with Crippen molar-refractivity contribution in [3.05, 3.63) is 35.9 Å². The van der Waals surface area contributed by atoms with Crippen molar-refractivity contribution in [2.45, 2.75) is 51.4 Å². The van der Waals surface area contributed by atoms with Crippen LogP contribution < -0.4 is 5.32 Å². The third-order valence-corrected chi connectivity index (χ3v) is 3.02. The summed E-state index contributed by atoms with van der Waals surface area (Å²) in [5, 5.41) is 13.3. The molecule has 20 heavy (non-hydrogen) atoms. The third kappa shape index (κ3) is 6.17. The molecule has 1 aromatic carbocycles. The van der Waals surface area contributed by atoms with Crippen molar-refractivity contribution in [2.24, 2.45) is 0 Å². The normalized spacial score (nSPS) is 19.7. The zero-order chi connectivity index (χ0) is 15.0. The number of aliphatic hydroxyl groups is 1. The smallest absolute Gasteiger partial charge is 0.293 e. The maximum atomic E-state index is 9.96. The minimum atomic E-state index is -0.344. The highest BCUT2D eigenvalue weighted by Crippen LogP contribution is 2.22. The summed E-state index contributed by atoms with van der Waals surface area (Å²) in [4.78, 5) is 9.60. The first-order valence-electron chi connectivity index (χ1n) is 7.02. The molecule has 0 bridgehead atoms. The van der Waals surface area contributed by atoms with Crippen LogP contribution in [0.5, 0.6) is 0 Å². The molecule has 1 unspecified atom stereocenters. The van der Waals surface area contributed by atoms with Gasteiger partial charge in [0.2, 0.25) is 0 Å². The predicted octanol–water partition coefficient (Wildman–Crippen LogP) is 2.43. The van der Waals surface area contributed by atoms with Crippen molar-refractivity contribution in [1.29, 1.82) is 0 Å². The van der Waals surface area contributed by atoms with Gasteiger partial charge in [-0.25, -0.2) is 0 Å². The number of carbonyl (C=O) groups is 1. The van der Waals surface area contributed by atoms with Crippen LogP contribution in [0.4, 0.5) is 0 Å². The molecular formula is C16H25NO3. The van der Waals surface area contributed by atoms with E-state index < -0.39 is 0 Å². The molecule has 0 aliphatic carbocycles. The number of aliphatic hydroxyl groups excluding tert-OH is 1. The van der Waals surface area contributed by atoms with Gasteiger partial charge in [0.25, 0.3) is 6.47 Å². The molecule has 2 rings (SSSR count). The summed E-state index contributed by atoms with van der Waals surface area (Å²) in [7, 11) is 0. The van der Waals surface area contributed by atoms with Crippen molar-refractivity contribution in [2.75, 3.05) is 6.54 Å². The SMILES string of the molecule is CC(C)(C)OC=O.O[C@H](c1ccccc1)C1CCCN1. The number of benzene rings is 1. The monoisotopic (exact) mass is 279 g/mol. The Morgan fingerprint density at radius 2 is 2.00 bits per heavy atom. The lowest BCUT2D eigenvalue weighted by Crippen LogP contribution is -2.28. The lowest BCUT2D eigenvalue weighted by atomic mass is 10.0. The largest absolute Gasteiger partial charge is 0.462 e. The molecule has 0 saturated carbocycles. The second kappa shape index (κ2) is 8.02. The standard InChI is InChI=1S/C11H15NO.C5H10O2/c13-11(10-7-4-8-12-10)9-5-2-1-3-6-9;1-5(2,3)7-4-6/h1-3,5-6,10-13H,4,7-8H2;4H,1-3H3/t10?,11-;/m1./s1. The number of ether oxygens (including phenoxy) is 1. The molecule has 0 spiro atoms. The Balaban J connectivity index is 0.000000246. The van der Waals surface area contributed by atoms with Gasteiger partial charge in [0, 0.05) is 6.04 Å². The first-order valence-corrected chi connectivity index (χ1v) is 7.02. The van der Waals surface area contributed by atoms with E-state index in [9.17, 15) is 9.90 Å². The summed E-state index contributed by atoms with van der Waals surface area (Å²) >= 11 is 0. The molecule has 0 aromatic heterocycles. The Morgan fingerprint density at radius 1 is 1.35 bits per heavy atom. The molecule has 1 fully saturated rings. The van der Waals surface area contributed by atoms with Crippen molar-refractivity contribution < 1.29 is 14.6 Å². The first-order chi connectivity index (χ1) is 9.44. The highest BCUT2D eigenvalue weighted by atomic mass is 16.5. The van der Waals surface area contributed by atoms with E-state index in [2.05, 4.69) is 10.1 Å². The van der Waals surface area contributed by atoms with Crippen molar-refractivity contribution >= 4 is 6.47 Å². The highest BCUT2D eigenvalue weighted by Gasteiger charge is 2.23. The van der Waals surface area contributed by atoms with Crippen molar-refractivity contribution in [3.8, 4) is 0 Å². The Kier molecular flexibility index (Phi) is 6.68. The van der Waals surface area contributed by atoms with Crippen LogP contribution in [-0.4, -0.2) is 29.8 Å². The summed E-state index contributed by atoms with van der Waals surface area (Å²) in [5.74, 6) is 0. The van der Waals surface area contributed by atoms with E-state index in [1.807, 2.05) is 51.1 Å². The molecule has 1 aromatic rings. The zero-order valence-electron chi connectivity index (χ0n) is 12.5. The van der Waals surface area contributed by atoms with Gasteiger partial charge in [0.1, 0.15) is 5.60 Å². The van der Waals surface area contributed by atoms with E-state index >= 15 is 0 Å². The van der Waals surface area contributed by atoms with Crippen molar-refractivity contribution in [1.82, 2.24) is 5.32 Å². The van der Waals surface area contributed by atoms with Gasteiger partial charge >= 0.3 is 0 Å². The minimum Gasteiger partial charge on any atom is -0.462 e. The lowest BCUT2D eigenvalue weighted by molar-refractivity contribution is -0.138. The van der Waals surface area contributed by atoms with E-state index in [1.165, 1.54) is 6.42 Å². The van der Waals surface area contributed by atoms with Gasteiger partial charge in [-0.2, -0.15) is 0 Å². The topological polar surface area (TPSA) is 58.6 Å². The molecule has 4 nitrogen and oxygen atoms in total. The van der Waals surface area contributed by atoms with E-state index in [-0.39, 0.29) is 17.7 Å². The van der Waals surface area contributed by atoms with Gasteiger partial charge in [-0.3, -0.25) is 4.79 Å². The van der Waals surface area contributed by atoms with Crippen molar-refractivity contribution in [3.63, 3.8) is 0 Å². The van der Waals surface area contributed by atoms with Crippen LogP contribution in [0.3, 0.4) is 0 Å². The van der Waals surface area contributed by atoms with Crippen LogP contribution in [0.25, 0.3) is 0 Å². The van der Waals surface area contributed by atoms with E-state index in [0.717, 1.165) is 18.5 Å². The number of hydrogen-bond acceptors (Lipinski definition) is 4. The van der Waals surface area contributed by atoms with Gasteiger partial charge in [0.05, 0.1) is 6.10 Å². The van der Waals surface area contributed by atoms with Crippen LogP contribution in [0, 0.1) is 0 Å². The summed E-state index contributed by atoms with van der Waals surface area (Å²) in [6, 6.07) is 10.1. The van der Waals surface area contributed by atoms with Crippen LogP contribution in [0.15, 0.2) is 30.3 Å². The lowest BCUT2D eigenvalue weighted by Gasteiger charge is -2.18. The van der Waals surface area contributed by atoms with Crippen LogP contribution in [0.2, 0.25) is 0 Å². The van der Waals surface area contributed by atoms with E-state index in [4.69, 9.17) is 0 Å². The number of rotatable bonds is 3. The Labute approximate surface area is 121 Å². The third-order valence-electron chi connectivity index (χ3n) is 3.02. The molecule has 112 valence electrons. The molecule has 2 N–H and O–H groups in total. The quantitative estimate of drug-likeness (QED) is 0.834. The molecule has 4 heteroatoms. The van der Waals surface area contributed by atoms with Gasteiger partial charge in [0.15, 0.2) is 0 Å². The van der Waals surface area contributed by atoms with Crippen LogP contribution in [0.1, 0.15) is 45.3 Å². The van der Waals surface area contributed by atoms with Gasteiger partial charge in [-0.05, 0) is 45.7 Å².